The quantitative estimate of drug-likeness (QED) is 0.559. The molecule has 0 unspecified atom stereocenters. The molecule has 0 saturated carbocycles. The van der Waals surface area contributed by atoms with Gasteiger partial charge in [-0.3, -0.25) is 4.79 Å². The summed E-state index contributed by atoms with van der Waals surface area (Å²) in [7, 11) is 0. The molecule has 0 amide bonds. The SMILES string of the molecule is CC(C)c1nc(-c2ccc(F)cc2)c(-c2ccc(F)cc2)n1C=C[C@H]1C[C@H](O)CC(=O)O1. The Morgan fingerprint density at radius 1 is 1.06 bits per heavy atom. The third-order valence-corrected chi connectivity index (χ3v) is 5.33. The zero-order valence-electron chi connectivity index (χ0n) is 17.8. The molecule has 2 atom stereocenters. The molecule has 0 radical (unpaired) electrons. The van der Waals surface area contributed by atoms with E-state index in [1.54, 1.807) is 36.5 Å². The maximum absolute atomic E-state index is 13.6. The lowest BCUT2D eigenvalue weighted by Crippen LogP contribution is -2.31. The molecule has 3 aromatic rings. The van der Waals surface area contributed by atoms with E-state index in [1.807, 2.05) is 18.4 Å². The molecule has 7 heteroatoms. The Kier molecular flexibility index (Phi) is 6.19. The molecule has 1 aliphatic heterocycles. The minimum absolute atomic E-state index is 0.0117. The van der Waals surface area contributed by atoms with E-state index in [9.17, 15) is 18.7 Å². The average molecular weight is 438 g/mol. The Morgan fingerprint density at radius 2 is 1.66 bits per heavy atom. The summed E-state index contributed by atoms with van der Waals surface area (Å²) in [5.41, 5.74) is 2.79. The minimum Gasteiger partial charge on any atom is -0.458 e. The van der Waals surface area contributed by atoms with Gasteiger partial charge in [0, 0.05) is 29.7 Å². The van der Waals surface area contributed by atoms with Crippen molar-refractivity contribution >= 4 is 12.2 Å². The van der Waals surface area contributed by atoms with Gasteiger partial charge in [0.25, 0.3) is 0 Å². The van der Waals surface area contributed by atoms with Gasteiger partial charge in [0.15, 0.2) is 0 Å². The van der Waals surface area contributed by atoms with Crippen LogP contribution in [0.2, 0.25) is 0 Å². The predicted molar refractivity (Wildman–Crippen MR) is 118 cm³/mol. The van der Waals surface area contributed by atoms with Gasteiger partial charge in [-0.1, -0.05) is 13.8 Å². The maximum Gasteiger partial charge on any atom is 0.309 e. The predicted octanol–water partition coefficient (Wildman–Crippen LogP) is 5.16. The van der Waals surface area contributed by atoms with Crippen LogP contribution < -0.4 is 0 Å². The van der Waals surface area contributed by atoms with Crippen LogP contribution >= 0.6 is 0 Å². The molecule has 0 bridgehead atoms. The van der Waals surface area contributed by atoms with E-state index in [-0.39, 0.29) is 24.0 Å². The lowest BCUT2D eigenvalue weighted by Gasteiger charge is -2.23. The molecule has 0 aliphatic carbocycles. The number of carbonyl (C=O) groups excluding carboxylic acids is 1. The molecular weight excluding hydrogens is 414 g/mol. The van der Waals surface area contributed by atoms with E-state index in [1.165, 1.54) is 24.3 Å². The summed E-state index contributed by atoms with van der Waals surface area (Å²) < 4.78 is 34.4. The first-order chi connectivity index (χ1) is 15.3. The lowest BCUT2D eigenvalue weighted by atomic mass is 10.0. The Morgan fingerprint density at radius 3 is 2.22 bits per heavy atom. The van der Waals surface area contributed by atoms with E-state index in [0.29, 0.717) is 17.8 Å². The van der Waals surface area contributed by atoms with Crippen LogP contribution in [0.1, 0.15) is 38.4 Å². The number of aliphatic hydroxyl groups excluding tert-OH is 1. The molecule has 1 aromatic heterocycles. The first-order valence-electron chi connectivity index (χ1n) is 10.5. The molecule has 1 N–H and O–H groups in total. The topological polar surface area (TPSA) is 64.3 Å². The summed E-state index contributed by atoms with van der Waals surface area (Å²) in [6.45, 7) is 4.00. The number of benzene rings is 2. The van der Waals surface area contributed by atoms with Gasteiger partial charge in [0.05, 0.1) is 23.9 Å². The third-order valence-electron chi connectivity index (χ3n) is 5.33. The van der Waals surface area contributed by atoms with Crippen molar-refractivity contribution < 1.29 is 23.4 Å². The highest BCUT2D eigenvalue weighted by Crippen LogP contribution is 2.35. The fraction of sp³-hybridized carbons (Fsp3) is 0.280. The Labute approximate surface area is 185 Å². The normalized spacial score (nSPS) is 19.0. The highest BCUT2D eigenvalue weighted by atomic mass is 19.1. The van der Waals surface area contributed by atoms with E-state index >= 15 is 0 Å². The number of carbonyl (C=O) groups is 1. The van der Waals surface area contributed by atoms with Crippen molar-refractivity contribution in [2.24, 2.45) is 0 Å². The van der Waals surface area contributed by atoms with Gasteiger partial charge in [-0.25, -0.2) is 13.8 Å². The molecule has 32 heavy (non-hydrogen) atoms. The van der Waals surface area contributed by atoms with Crippen molar-refractivity contribution in [2.75, 3.05) is 0 Å². The molecule has 1 fully saturated rings. The summed E-state index contributed by atoms with van der Waals surface area (Å²) in [4.78, 5) is 16.5. The van der Waals surface area contributed by atoms with Gasteiger partial charge >= 0.3 is 5.97 Å². The molecule has 4 rings (SSSR count). The molecule has 1 saturated heterocycles. The van der Waals surface area contributed by atoms with Crippen LogP contribution in [0.5, 0.6) is 0 Å². The second-order valence-corrected chi connectivity index (χ2v) is 8.17. The van der Waals surface area contributed by atoms with Crippen LogP contribution in [-0.4, -0.2) is 32.8 Å². The summed E-state index contributed by atoms with van der Waals surface area (Å²) in [5, 5.41) is 9.90. The first-order valence-corrected chi connectivity index (χ1v) is 10.5. The fourth-order valence-corrected chi connectivity index (χ4v) is 3.81. The van der Waals surface area contributed by atoms with Gasteiger partial charge in [0.2, 0.25) is 0 Å². The van der Waals surface area contributed by atoms with Crippen LogP contribution in [0.4, 0.5) is 8.78 Å². The third kappa shape index (κ3) is 4.62. The average Bonchev–Trinajstić information content (AvgIpc) is 3.12. The van der Waals surface area contributed by atoms with Crippen molar-refractivity contribution in [3.63, 3.8) is 0 Å². The largest absolute Gasteiger partial charge is 0.458 e. The van der Waals surface area contributed by atoms with E-state index in [0.717, 1.165) is 17.0 Å². The number of aliphatic hydroxyl groups is 1. The van der Waals surface area contributed by atoms with Crippen LogP contribution in [0.25, 0.3) is 28.7 Å². The van der Waals surface area contributed by atoms with Gasteiger partial charge in [-0.05, 0) is 54.6 Å². The lowest BCUT2D eigenvalue weighted by molar-refractivity contribution is -0.156. The molecule has 0 spiro atoms. The summed E-state index contributed by atoms with van der Waals surface area (Å²) in [6.07, 6.45) is 2.47. The fourth-order valence-electron chi connectivity index (χ4n) is 3.81. The van der Waals surface area contributed by atoms with Crippen molar-refractivity contribution in [3.8, 4) is 22.5 Å². The van der Waals surface area contributed by atoms with Gasteiger partial charge in [0.1, 0.15) is 23.6 Å². The highest BCUT2D eigenvalue weighted by molar-refractivity contribution is 5.81. The van der Waals surface area contributed by atoms with Gasteiger partial charge < -0.3 is 14.4 Å². The molecule has 5 nitrogen and oxygen atoms in total. The van der Waals surface area contributed by atoms with Crippen molar-refractivity contribution in [3.05, 3.63) is 72.1 Å². The zero-order valence-corrected chi connectivity index (χ0v) is 17.8. The molecule has 166 valence electrons. The van der Waals surface area contributed by atoms with Crippen LogP contribution in [-0.2, 0) is 9.53 Å². The van der Waals surface area contributed by atoms with E-state index < -0.39 is 18.2 Å². The number of hydrogen-bond donors (Lipinski definition) is 1. The second-order valence-electron chi connectivity index (χ2n) is 8.17. The van der Waals surface area contributed by atoms with Gasteiger partial charge in [-0.15, -0.1) is 0 Å². The highest BCUT2D eigenvalue weighted by Gasteiger charge is 2.26. The number of esters is 1. The van der Waals surface area contributed by atoms with Crippen molar-refractivity contribution in [2.45, 2.75) is 44.8 Å². The minimum atomic E-state index is -0.746. The molecule has 2 heterocycles. The van der Waals surface area contributed by atoms with Crippen LogP contribution in [0.15, 0.2) is 54.6 Å². The molecule has 2 aromatic carbocycles. The molecular formula is C25H24F2N2O3. The van der Waals surface area contributed by atoms with E-state index in [2.05, 4.69) is 0 Å². The van der Waals surface area contributed by atoms with Gasteiger partial charge in [-0.2, -0.15) is 0 Å². The Balaban J connectivity index is 1.86. The van der Waals surface area contributed by atoms with Crippen LogP contribution in [0, 0.1) is 11.6 Å². The summed E-state index contributed by atoms with van der Waals surface area (Å²) >= 11 is 0. The van der Waals surface area contributed by atoms with E-state index in [4.69, 9.17) is 9.72 Å². The Bertz CT molecular complexity index is 1140. The number of nitrogens with zero attached hydrogens (tertiary/aromatic N) is 2. The number of aromatic nitrogens is 2. The van der Waals surface area contributed by atoms with Crippen LogP contribution in [0.3, 0.4) is 0 Å². The Hall–Kier alpha value is -3.32. The molecule has 1 aliphatic rings. The number of imidazole rings is 1. The second kappa shape index (κ2) is 9.04. The smallest absolute Gasteiger partial charge is 0.309 e. The standard InChI is InChI=1S/C25H24F2N2O3/c1-15(2)25-28-23(16-3-7-18(26)8-4-16)24(17-5-9-19(27)10-6-17)29(25)12-11-21-13-20(30)14-22(31)32-21/h3-12,15,20-21,30H,13-14H2,1-2H3/t20-,21-/m0/s1. The first kappa shape index (κ1) is 21.9. The number of ether oxygens (including phenoxy) is 1. The number of halogens is 2. The number of cyclic esters (lactones) is 1. The number of hydrogen-bond acceptors (Lipinski definition) is 4. The summed E-state index contributed by atoms with van der Waals surface area (Å²) in [5.74, 6) is -0.377. The summed E-state index contributed by atoms with van der Waals surface area (Å²) in [6, 6.07) is 12.1. The van der Waals surface area contributed by atoms with Crippen molar-refractivity contribution in [1.29, 1.82) is 0 Å². The monoisotopic (exact) mass is 438 g/mol. The maximum atomic E-state index is 13.6. The number of rotatable bonds is 5. The van der Waals surface area contributed by atoms with Crippen molar-refractivity contribution in [1.82, 2.24) is 9.55 Å². The zero-order chi connectivity index (χ0) is 22.8.